The zero-order valence-electron chi connectivity index (χ0n) is 19.6. The number of carbonyl (C=O) groups is 1. The molecule has 0 aliphatic rings. The maximum absolute atomic E-state index is 11.7. The van der Waals surface area contributed by atoms with Crippen LogP contribution in [0.4, 0.5) is 0 Å². The maximum atomic E-state index is 11.7. The molecule has 0 saturated heterocycles. The van der Waals surface area contributed by atoms with Gasteiger partial charge in [0.25, 0.3) is 0 Å². The van der Waals surface area contributed by atoms with E-state index < -0.39 is 0 Å². The molecule has 0 radical (unpaired) electrons. The van der Waals surface area contributed by atoms with Gasteiger partial charge in [0.15, 0.2) is 0 Å². The van der Waals surface area contributed by atoms with E-state index in [1.807, 2.05) is 66.7 Å². The second-order valence-electron chi connectivity index (χ2n) is 7.51. The molecule has 4 aromatic carbocycles. The fourth-order valence-corrected chi connectivity index (χ4v) is 4.26. The number of hydrogen-bond donors (Lipinski definition) is 1. The van der Waals surface area contributed by atoms with Gasteiger partial charge in [-0.3, -0.25) is 0 Å². The van der Waals surface area contributed by atoms with E-state index in [-0.39, 0.29) is 12.6 Å². The summed E-state index contributed by atoms with van der Waals surface area (Å²) in [5, 5.41) is 11.0. The molecule has 0 amide bonds. The summed E-state index contributed by atoms with van der Waals surface area (Å²) < 4.78 is 4.80. The van der Waals surface area contributed by atoms with Crippen LogP contribution in [0.3, 0.4) is 0 Å². The minimum absolute atomic E-state index is 0.0797. The second-order valence-corrected chi connectivity index (χ2v) is 8.64. The number of aliphatic hydroxyl groups is 1. The Morgan fingerprint density at radius 1 is 0.722 bits per heavy atom. The van der Waals surface area contributed by atoms with Gasteiger partial charge in [-0.2, -0.15) is 0 Å². The van der Waals surface area contributed by atoms with Crippen molar-refractivity contribution in [1.29, 1.82) is 0 Å². The lowest BCUT2D eigenvalue weighted by atomic mass is 9.99. The van der Waals surface area contributed by atoms with Gasteiger partial charge in [-0.1, -0.05) is 123 Å². The minimum Gasteiger partial charge on any atom is -0.465 e. The summed E-state index contributed by atoms with van der Waals surface area (Å²) in [6.45, 7) is 0.0797. The first-order chi connectivity index (χ1) is 17.6. The monoisotopic (exact) mass is 834 g/mol. The number of carbonyl (C=O) groups excluding carboxylic acids is 1. The number of alkyl halides is 2. The molecule has 0 fully saturated rings. The van der Waals surface area contributed by atoms with Gasteiger partial charge < -0.3 is 9.84 Å². The summed E-state index contributed by atoms with van der Waals surface area (Å²) in [5.74, 6) is -0.310. The Bertz CT molecular complexity index is 1210. The molecule has 0 bridgehead atoms. The molecule has 188 valence electrons. The third-order valence-corrected chi connectivity index (χ3v) is 6.65. The van der Waals surface area contributed by atoms with Crippen molar-refractivity contribution in [1.82, 2.24) is 0 Å². The van der Waals surface area contributed by atoms with E-state index in [4.69, 9.17) is 4.74 Å². The highest BCUT2D eigenvalue weighted by Gasteiger charge is 2.12. The first-order valence-corrected chi connectivity index (χ1v) is 19.4. The van der Waals surface area contributed by atoms with Crippen LogP contribution in [0.15, 0.2) is 97.1 Å². The SMILES string of the molecule is COC(=O)c1ccccc1-c1ccc(CBr)cc1.II.OCc1ccccc1-c1ccc(CBr)cc1. The Kier molecular flexibility index (Phi) is 14.9. The number of aliphatic hydroxyl groups excluding tert-OH is 1. The van der Waals surface area contributed by atoms with Gasteiger partial charge in [-0.15, -0.1) is 0 Å². The predicted molar refractivity (Wildman–Crippen MR) is 174 cm³/mol. The van der Waals surface area contributed by atoms with Crippen LogP contribution in [0.5, 0.6) is 0 Å². The van der Waals surface area contributed by atoms with Crippen molar-refractivity contribution in [2.24, 2.45) is 0 Å². The van der Waals surface area contributed by atoms with Gasteiger partial charge in [-0.25, -0.2) is 4.79 Å². The fraction of sp³-hybridized carbons (Fsp3) is 0.138. The standard InChI is InChI=1S/C15H13BrO2.C14H13BrO.I2/c1-18-15(17)14-5-3-2-4-13(14)12-8-6-11(10-16)7-9-12;15-9-11-5-7-12(8-6-11)14-4-2-1-3-13(14)10-16;1-2/h2-9H,10H2,1H3;1-8,16H,9-10H2;. The third kappa shape index (κ3) is 8.93. The molecule has 0 aliphatic heterocycles. The second kappa shape index (κ2) is 17.3. The molecule has 0 saturated carbocycles. The average Bonchev–Trinajstić information content (AvgIpc) is 2.98. The summed E-state index contributed by atoms with van der Waals surface area (Å²) in [4.78, 5) is 11.7. The van der Waals surface area contributed by atoms with Crippen molar-refractivity contribution in [3.8, 4) is 22.3 Å². The van der Waals surface area contributed by atoms with Crippen molar-refractivity contribution in [3.05, 3.63) is 119 Å². The number of methoxy groups -OCH3 is 1. The van der Waals surface area contributed by atoms with Crippen LogP contribution in [0, 0.1) is 0 Å². The van der Waals surface area contributed by atoms with E-state index >= 15 is 0 Å². The summed E-state index contributed by atoms with van der Waals surface area (Å²) in [6.07, 6.45) is 0. The molecule has 0 aromatic heterocycles. The summed E-state index contributed by atoms with van der Waals surface area (Å²) in [6, 6.07) is 31.9. The Labute approximate surface area is 253 Å². The number of ether oxygens (including phenoxy) is 1. The molecule has 0 spiro atoms. The lowest BCUT2D eigenvalue weighted by Crippen LogP contribution is -2.03. The molecule has 3 nitrogen and oxygen atoms in total. The van der Waals surface area contributed by atoms with Crippen LogP contribution < -0.4 is 0 Å². The fourth-order valence-electron chi connectivity index (χ4n) is 3.51. The molecular weight excluding hydrogens is 810 g/mol. The first-order valence-electron chi connectivity index (χ1n) is 10.9. The van der Waals surface area contributed by atoms with Crippen LogP contribution in [-0.4, -0.2) is 18.2 Å². The van der Waals surface area contributed by atoms with Gasteiger partial charge in [0.1, 0.15) is 0 Å². The Balaban J connectivity index is 0.000000239. The van der Waals surface area contributed by atoms with Crippen molar-refractivity contribution in [3.63, 3.8) is 0 Å². The Hall–Kier alpha value is -1.27. The number of benzene rings is 4. The lowest BCUT2D eigenvalue weighted by Gasteiger charge is -2.08. The number of esters is 1. The van der Waals surface area contributed by atoms with Gasteiger partial charge in [0.05, 0.1) is 19.3 Å². The van der Waals surface area contributed by atoms with Crippen molar-refractivity contribution in [2.45, 2.75) is 17.3 Å². The topological polar surface area (TPSA) is 46.5 Å². The number of rotatable bonds is 6. The van der Waals surface area contributed by atoms with Gasteiger partial charge in [0, 0.05) is 47.9 Å². The van der Waals surface area contributed by atoms with Gasteiger partial charge in [-0.05, 0) is 45.0 Å². The molecule has 36 heavy (non-hydrogen) atoms. The average molecular weight is 836 g/mol. The summed E-state index contributed by atoms with van der Waals surface area (Å²) in [5.41, 5.74) is 8.17. The van der Waals surface area contributed by atoms with Crippen LogP contribution in [0.1, 0.15) is 27.0 Å². The summed E-state index contributed by atoms with van der Waals surface area (Å²) in [7, 11) is 1.40. The van der Waals surface area contributed by atoms with E-state index in [9.17, 15) is 9.90 Å². The predicted octanol–water partition coefficient (Wildman–Crippen LogP) is 9.55. The molecule has 0 unspecified atom stereocenters. The molecule has 7 heteroatoms. The lowest BCUT2D eigenvalue weighted by molar-refractivity contribution is 0.0601. The maximum Gasteiger partial charge on any atom is 0.338 e. The molecule has 4 aromatic rings. The van der Waals surface area contributed by atoms with E-state index in [0.29, 0.717) is 5.56 Å². The Morgan fingerprint density at radius 2 is 1.17 bits per heavy atom. The number of halogens is 4. The smallest absolute Gasteiger partial charge is 0.338 e. The molecule has 4 rings (SSSR count). The van der Waals surface area contributed by atoms with Crippen LogP contribution in [0.25, 0.3) is 22.3 Å². The Morgan fingerprint density at radius 3 is 1.64 bits per heavy atom. The van der Waals surface area contributed by atoms with Crippen LogP contribution >= 0.6 is 69.1 Å². The van der Waals surface area contributed by atoms with Gasteiger partial charge >= 0.3 is 5.97 Å². The molecule has 1 N–H and O–H groups in total. The van der Waals surface area contributed by atoms with Crippen molar-refractivity contribution in [2.75, 3.05) is 7.11 Å². The van der Waals surface area contributed by atoms with E-state index in [0.717, 1.165) is 38.5 Å². The minimum atomic E-state index is -0.310. The molecule has 0 heterocycles. The van der Waals surface area contributed by atoms with Crippen molar-refractivity contribution < 1.29 is 14.6 Å². The normalized spacial score (nSPS) is 9.83. The van der Waals surface area contributed by atoms with E-state index in [2.05, 4.69) is 93.4 Å². The molecule has 0 atom stereocenters. The third-order valence-electron chi connectivity index (χ3n) is 5.36. The molecular formula is C29H26Br2I2O3. The quantitative estimate of drug-likeness (QED) is 0.120. The highest BCUT2D eigenvalue weighted by molar-refractivity contribution is 15.0. The van der Waals surface area contributed by atoms with Crippen LogP contribution in [-0.2, 0) is 22.0 Å². The van der Waals surface area contributed by atoms with Crippen LogP contribution in [0.2, 0.25) is 0 Å². The van der Waals surface area contributed by atoms with Crippen molar-refractivity contribution >= 4 is 75.1 Å². The van der Waals surface area contributed by atoms with E-state index in [1.54, 1.807) is 6.07 Å². The highest BCUT2D eigenvalue weighted by atomic mass is 128. The summed E-state index contributed by atoms with van der Waals surface area (Å²) >= 11 is 11.1. The largest absolute Gasteiger partial charge is 0.465 e. The van der Waals surface area contributed by atoms with Gasteiger partial charge in [0.2, 0.25) is 0 Å². The highest BCUT2D eigenvalue weighted by Crippen LogP contribution is 2.26. The van der Waals surface area contributed by atoms with E-state index in [1.165, 1.54) is 18.2 Å². The zero-order valence-corrected chi connectivity index (χ0v) is 27.1. The zero-order chi connectivity index (χ0) is 26.3. The first kappa shape index (κ1) is 31.0. The molecule has 0 aliphatic carbocycles. The number of hydrogen-bond acceptors (Lipinski definition) is 3.